The van der Waals surface area contributed by atoms with Gasteiger partial charge in [0.2, 0.25) is 0 Å². The van der Waals surface area contributed by atoms with Gasteiger partial charge in [0.25, 0.3) is 0 Å². The fraction of sp³-hybridized carbons (Fsp3) is 0.261. The van der Waals surface area contributed by atoms with E-state index in [0.29, 0.717) is 19.7 Å². The van der Waals surface area contributed by atoms with Crippen LogP contribution in [0.2, 0.25) is 0 Å². The molecule has 0 saturated heterocycles. The number of aryl methyl sites for hydroxylation is 1. The van der Waals surface area contributed by atoms with Gasteiger partial charge in [-0.05, 0) is 23.3 Å². The molecule has 0 bridgehead atoms. The number of ether oxygens (including phenoxy) is 1. The van der Waals surface area contributed by atoms with E-state index in [2.05, 4.69) is 28.3 Å². The van der Waals surface area contributed by atoms with Crippen LogP contribution in [0.1, 0.15) is 12.1 Å². The van der Waals surface area contributed by atoms with Gasteiger partial charge in [-0.15, -0.1) is 0 Å². The molecule has 7 heteroatoms. The minimum absolute atomic E-state index is 0.168. The first-order valence-corrected chi connectivity index (χ1v) is 9.94. The Balaban J connectivity index is 1.60. The normalized spacial score (nSPS) is 11.1. The number of hydrogen-bond donors (Lipinski definition) is 0. The Labute approximate surface area is 175 Å². The Kier molecular flexibility index (Phi) is 5.90. The van der Waals surface area contributed by atoms with Crippen LogP contribution in [0.25, 0.3) is 22.0 Å². The molecule has 0 saturated carbocycles. The monoisotopic (exact) mass is 403 g/mol. The van der Waals surface area contributed by atoms with Crippen LogP contribution in [0.5, 0.6) is 0 Å². The van der Waals surface area contributed by atoms with Gasteiger partial charge in [-0.1, -0.05) is 42.5 Å². The van der Waals surface area contributed by atoms with Crippen LogP contribution in [-0.4, -0.2) is 50.5 Å². The van der Waals surface area contributed by atoms with Crippen LogP contribution in [0.4, 0.5) is 4.79 Å². The number of benzene rings is 2. The average Bonchev–Trinajstić information content (AvgIpc) is 3.42. The molecule has 0 atom stereocenters. The smallest absolute Gasteiger partial charge is 0.345 e. The molecule has 1 amide bonds. The highest BCUT2D eigenvalue weighted by Gasteiger charge is 2.19. The molecule has 0 fully saturated rings. The van der Waals surface area contributed by atoms with E-state index >= 15 is 0 Å². The first-order chi connectivity index (χ1) is 14.7. The van der Waals surface area contributed by atoms with Crippen LogP contribution in [-0.2, 0) is 18.3 Å². The van der Waals surface area contributed by atoms with Crippen molar-refractivity contribution in [3.63, 3.8) is 0 Å². The number of nitrogens with zero attached hydrogens (tertiary/aromatic N) is 5. The van der Waals surface area contributed by atoms with Gasteiger partial charge >= 0.3 is 6.03 Å². The van der Waals surface area contributed by atoms with Crippen molar-refractivity contribution in [1.29, 1.82) is 0 Å². The van der Waals surface area contributed by atoms with Crippen molar-refractivity contribution in [2.24, 2.45) is 7.05 Å². The first kappa shape index (κ1) is 19.8. The number of rotatable bonds is 7. The summed E-state index contributed by atoms with van der Waals surface area (Å²) in [6.07, 6.45) is 5.99. The number of methoxy groups -OCH3 is 1. The molecule has 4 rings (SSSR count). The van der Waals surface area contributed by atoms with Crippen molar-refractivity contribution >= 4 is 16.8 Å². The lowest BCUT2D eigenvalue weighted by Crippen LogP contribution is -2.36. The maximum atomic E-state index is 13.2. The molecule has 2 aromatic heterocycles. The van der Waals surface area contributed by atoms with Gasteiger partial charge in [0, 0.05) is 45.3 Å². The molecule has 154 valence electrons. The average molecular weight is 403 g/mol. The van der Waals surface area contributed by atoms with Crippen LogP contribution < -0.4 is 0 Å². The third kappa shape index (κ3) is 4.11. The zero-order chi connectivity index (χ0) is 20.9. The van der Waals surface area contributed by atoms with Crippen LogP contribution in [0.15, 0.2) is 67.3 Å². The lowest BCUT2D eigenvalue weighted by molar-refractivity contribution is 0.164. The molecule has 0 radical (unpaired) electrons. The molecule has 0 aliphatic rings. The van der Waals surface area contributed by atoms with Gasteiger partial charge in [0.05, 0.1) is 24.3 Å². The minimum Gasteiger partial charge on any atom is -0.385 e. The van der Waals surface area contributed by atoms with Crippen molar-refractivity contribution in [3.05, 3.63) is 72.9 Å². The number of aromatic nitrogens is 4. The molecule has 0 spiro atoms. The summed E-state index contributed by atoms with van der Waals surface area (Å²) in [4.78, 5) is 19.2. The summed E-state index contributed by atoms with van der Waals surface area (Å²) in [5, 5.41) is 6.87. The second-order valence-corrected chi connectivity index (χ2v) is 7.22. The third-order valence-corrected chi connectivity index (χ3v) is 5.17. The number of hydrogen-bond acceptors (Lipinski definition) is 4. The number of imidazole rings is 1. The van der Waals surface area contributed by atoms with E-state index in [9.17, 15) is 4.79 Å². The Hall–Kier alpha value is -3.45. The zero-order valence-electron chi connectivity index (χ0n) is 17.2. The first-order valence-electron chi connectivity index (χ1n) is 9.94. The van der Waals surface area contributed by atoms with E-state index in [-0.39, 0.29) is 6.03 Å². The summed E-state index contributed by atoms with van der Waals surface area (Å²) in [6.45, 7) is 1.62. The molecule has 0 aliphatic carbocycles. The molecule has 0 unspecified atom stereocenters. The van der Waals surface area contributed by atoms with E-state index < -0.39 is 0 Å². The van der Waals surface area contributed by atoms with Gasteiger partial charge < -0.3 is 14.2 Å². The lowest BCUT2D eigenvalue weighted by Gasteiger charge is -2.22. The van der Waals surface area contributed by atoms with E-state index in [1.54, 1.807) is 30.7 Å². The maximum absolute atomic E-state index is 13.2. The maximum Gasteiger partial charge on any atom is 0.345 e. The standard InChI is InChI=1S/C23H25N5O2/c1-26-17-24-15-19(26)16-27(12-6-14-30-2)23(29)28-13-11-22(25-28)21-10-5-8-18-7-3-4-9-20(18)21/h3-5,7-11,13,15,17H,6,12,14,16H2,1-2H3. The quantitative estimate of drug-likeness (QED) is 0.439. The highest BCUT2D eigenvalue weighted by Crippen LogP contribution is 2.27. The van der Waals surface area contributed by atoms with E-state index in [4.69, 9.17) is 4.74 Å². The van der Waals surface area contributed by atoms with Crippen molar-refractivity contribution in [2.75, 3.05) is 20.3 Å². The van der Waals surface area contributed by atoms with Gasteiger partial charge in [0.15, 0.2) is 0 Å². The van der Waals surface area contributed by atoms with Gasteiger partial charge in [-0.25, -0.2) is 9.78 Å². The van der Waals surface area contributed by atoms with Crippen molar-refractivity contribution < 1.29 is 9.53 Å². The molecule has 30 heavy (non-hydrogen) atoms. The van der Waals surface area contributed by atoms with Crippen LogP contribution >= 0.6 is 0 Å². The fourth-order valence-corrected chi connectivity index (χ4v) is 3.54. The molecule has 4 aromatic rings. The van der Waals surface area contributed by atoms with Crippen LogP contribution in [0.3, 0.4) is 0 Å². The Morgan fingerprint density at radius 2 is 1.97 bits per heavy atom. The molecule has 0 aliphatic heterocycles. The SMILES string of the molecule is COCCCN(Cc1cncn1C)C(=O)n1ccc(-c2cccc3ccccc23)n1. The van der Waals surface area contributed by atoms with Crippen molar-refractivity contribution in [1.82, 2.24) is 24.2 Å². The largest absolute Gasteiger partial charge is 0.385 e. The minimum atomic E-state index is -0.168. The third-order valence-electron chi connectivity index (χ3n) is 5.17. The topological polar surface area (TPSA) is 65.2 Å². The number of carbonyl (C=O) groups excluding carboxylic acids is 1. The Morgan fingerprint density at radius 1 is 1.13 bits per heavy atom. The van der Waals surface area contributed by atoms with Crippen LogP contribution in [0, 0.1) is 0 Å². The molecule has 2 aromatic carbocycles. The van der Waals surface area contributed by atoms with Gasteiger partial charge in [-0.2, -0.15) is 9.78 Å². The van der Waals surface area contributed by atoms with Crippen molar-refractivity contribution in [2.45, 2.75) is 13.0 Å². The van der Waals surface area contributed by atoms with Gasteiger partial charge in [0.1, 0.15) is 0 Å². The zero-order valence-corrected chi connectivity index (χ0v) is 17.2. The van der Waals surface area contributed by atoms with E-state index in [0.717, 1.165) is 34.1 Å². The molecular weight excluding hydrogens is 378 g/mol. The summed E-state index contributed by atoms with van der Waals surface area (Å²) in [7, 11) is 3.59. The summed E-state index contributed by atoms with van der Waals surface area (Å²) in [5.74, 6) is 0. The second kappa shape index (κ2) is 8.92. The fourth-order valence-electron chi connectivity index (χ4n) is 3.54. The summed E-state index contributed by atoms with van der Waals surface area (Å²) in [6, 6.07) is 16.0. The number of carbonyl (C=O) groups is 1. The molecule has 7 nitrogen and oxygen atoms in total. The summed E-state index contributed by atoms with van der Waals surface area (Å²) in [5.41, 5.74) is 2.75. The number of fused-ring (bicyclic) bond motifs is 1. The second-order valence-electron chi connectivity index (χ2n) is 7.22. The Morgan fingerprint density at radius 3 is 2.77 bits per heavy atom. The predicted octanol–water partition coefficient (Wildman–Crippen LogP) is 3.94. The van der Waals surface area contributed by atoms with Gasteiger partial charge in [-0.3, -0.25) is 0 Å². The number of amides is 1. The van der Waals surface area contributed by atoms with Crippen molar-refractivity contribution in [3.8, 4) is 11.3 Å². The Bertz CT molecular complexity index is 1140. The van der Waals surface area contributed by atoms with E-state index in [1.807, 2.05) is 41.9 Å². The van der Waals surface area contributed by atoms with E-state index in [1.165, 1.54) is 4.68 Å². The highest BCUT2D eigenvalue weighted by molar-refractivity contribution is 5.95. The lowest BCUT2D eigenvalue weighted by atomic mass is 10.0. The summed E-state index contributed by atoms with van der Waals surface area (Å²) < 4.78 is 8.50. The molecular formula is C23H25N5O2. The highest BCUT2D eigenvalue weighted by atomic mass is 16.5. The molecule has 2 heterocycles. The molecule has 0 N–H and O–H groups in total. The summed E-state index contributed by atoms with van der Waals surface area (Å²) >= 11 is 0. The predicted molar refractivity (Wildman–Crippen MR) is 116 cm³/mol.